The smallest absolute Gasteiger partial charge is 0.218 e. The van der Waals surface area contributed by atoms with Crippen molar-refractivity contribution in [2.75, 3.05) is 11.1 Å². The molecule has 0 aliphatic heterocycles. The maximum atomic E-state index is 5.89. The number of pyridine rings is 1. The summed E-state index contributed by atoms with van der Waals surface area (Å²) in [6, 6.07) is 7.86. The van der Waals surface area contributed by atoms with Crippen molar-refractivity contribution in [1.29, 1.82) is 0 Å². The Morgan fingerprint density at radius 3 is 2.86 bits per heavy atom. The Balaban J connectivity index is 2.15. The third-order valence-electron chi connectivity index (χ3n) is 3.02. The summed E-state index contributed by atoms with van der Waals surface area (Å²) in [6.07, 6.45) is 1.84. The van der Waals surface area contributed by atoms with Crippen LogP contribution in [-0.2, 0) is 6.54 Å². The van der Waals surface area contributed by atoms with Crippen LogP contribution in [0.15, 0.2) is 34.9 Å². The second-order valence-corrected chi connectivity index (χ2v) is 6.03. The lowest BCUT2D eigenvalue weighted by Gasteiger charge is -2.15. The van der Waals surface area contributed by atoms with E-state index in [1.54, 1.807) is 6.20 Å². The number of nitrogen functional groups attached to an aromatic ring is 1. The first-order valence-electron chi connectivity index (χ1n) is 6.87. The van der Waals surface area contributed by atoms with Crippen LogP contribution >= 0.6 is 15.9 Å². The summed E-state index contributed by atoms with van der Waals surface area (Å²) in [5.74, 6) is 0.670. The van der Waals surface area contributed by atoms with Crippen molar-refractivity contribution in [3.63, 3.8) is 0 Å². The van der Waals surface area contributed by atoms with E-state index in [0.29, 0.717) is 12.4 Å². The molecule has 0 atom stereocenters. The zero-order valence-electron chi connectivity index (χ0n) is 12.5. The van der Waals surface area contributed by atoms with Crippen LogP contribution in [0.1, 0.15) is 25.0 Å². The molecule has 0 amide bonds. The molecule has 4 nitrogen and oxygen atoms in total. The van der Waals surface area contributed by atoms with Gasteiger partial charge in [-0.15, -0.1) is 0 Å². The summed E-state index contributed by atoms with van der Waals surface area (Å²) in [5.41, 5.74) is 9.73. The first-order chi connectivity index (χ1) is 9.97. The molecule has 2 rings (SSSR count). The topological polar surface area (TPSA) is 60.2 Å². The lowest BCUT2D eigenvalue weighted by Crippen LogP contribution is -2.11. The molecule has 0 fully saturated rings. The number of halogens is 1. The van der Waals surface area contributed by atoms with E-state index in [4.69, 9.17) is 10.5 Å². The van der Waals surface area contributed by atoms with Crippen LogP contribution in [0.5, 0.6) is 5.88 Å². The molecule has 0 aliphatic rings. The van der Waals surface area contributed by atoms with Crippen molar-refractivity contribution in [1.82, 2.24) is 4.98 Å². The standard InChI is InChI=1S/C16H20BrN3O/c1-10(2)21-16-12(5-4-6-19-16)9-20-15-7-11(3)14(18)8-13(15)17/h4-8,10,20H,9,18H2,1-3H3. The summed E-state index contributed by atoms with van der Waals surface area (Å²) in [4.78, 5) is 4.29. The van der Waals surface area contributed by atoms with Gasteiger partial charge < -0.3 is 15.8 Å². The van der Waals surface area contributed by atoms with Crippen LogP contribution < -0.4 is 15.8 Å². The fourth-order valence-electron chi connectivity index (χ4n) is 1.91. The zero-order valence-corrected chi connectivity index (χ0v) is 14.1. The number of benzene rings is 1. The van der Waals surface area contributed by atoms with Gasteiger partial charge in [-0.25, -0.2) is 4.98 Å². The molecule has 5 heteroatoms. The van der Waals surface area contributed by atoms with Gasteiger partial charge in [0.1, 0.15) is 0 Å². The van der Waals surface area contributed by atoms with Crippen molar-refractivity contribution in [2.45, 2.75) is 33.4 Å². The van der Waals surface area contributed by atoms with Crippen LogP contribution in [0, 0.1) is 6.92 Å². The van der Waals surface area contributed by atoms with Crippen LogP contribution in [-0.4, -0.2) is 11.1 Å². The van der Waals surface area contributed by atoms with Crippen LogP contribution in [0.4, 0.5) is 11.4 Å². The number of aromatic nitrogens is 1. The minimum atomic E-state index is 0.101. The molecule has 0 radical (unpaired) electrons. The van der Waals surface area contributed by atoms with E-state index in [2.05, 4.69) is 26.2 Å². The van der Waals surface area contributed by atoms with E-state index in [9.17, 15) is 0 Å². The molecule has 0 saturated carbocycles. The van der Waals surface area contributed by atoms with Crippen molar-refractivity contribution in [2.24, 2.45) is 0 Å². The minimum absolute atomic E-state index is 0.101. The van der Waals surface area contributed by atoms with Crippen LogP contribution in [0.2, 0.25) is 0 Å². The molecule has 0 unspecified atom stereocenters. The van der Waals surface area contributed by atoms with Gasteiger partial charge >= 0.3 is 0 Å². The highest BCUT2D eigenvalue weighted by Crippen LogP contribution is 2.28. The molecule has 0 aliphatic carbocycles. The van der Waals surface area contributed by atoms with Crippen molar-refractivity contribution >= 4 is 27.3 Å². The number of rotatable bonds is 5. The molecular formula is C16H20BrN3O. The SMILES string of the molecule is Cc1cc(NCc2cccnc2OC(C)C)c(Br)cc1N. The quantitative estimate of drug-likeness (QED) is 0.796. The number of anilines is 2. The summed E-state index contributed by atoms with van der Waals surface area (Å²) < 4.78 is 6.67. The molecule has 2 aromatic rings. The zero-order chi connectivity index (χ0) is 15.4. The molecule has 112 valence electrons. The maximum absolute atomic E-state index is 5.89. The molecular weight excluding hydrogens is 330 g/mol. The minimum Gasteiger partial charge on any atom is -0.475 e. The van der Waals surface area contributed by atoms with Gasteiger partial charge in [-0.1, -0.05) is 6.07 Å². The predicted octanol–water partition coefficient (Wildman–Crippen LogP) is 4.13. The van der Waals surface area contributed by atoms with E-state index in [0.717, 1.165) is 27.0 Å². The monoisotopic (exact) mass is 349 g/mol. The highest BCUT2D eigenvalue weighted by molar-refractivity contribution is 9.10. The third-order valence-corrected chi connectivity index (χ3v) is 3.68. The number of hydrogen-bond donors (Lipinski definition) is 2. The summed E-state index contributed by atoms with van der Waals surface area (Å²) >= 11 is 3.52. The summed E-state index contributed by atoms with van der Waals surface area (Å²) in [7, 11) is 0. The molecule has 21 heavy (non-hydrogen) atoms. The van der Waals surface area contributed by atoms with Gasteiger partial charge in [0, 0.05) is 34.2 Å². The molecule has 1 aromatic carbocycles. The Hall–Kier alpha value is -1.75. The second-order valence-electron chi connectivity index (χ2n) is 5.18. The maximum Gasteiger partial charge on any atom is 0.218 e. The van der Waals surface area contributed by atoms with Crippen LogP contribution in [0.25, 0.3) is 0 Å². The van der Waals surface area contributed by atoms with Gasteiger partial charge in [-0.05, 0) is 60.5 Å². The Morgan fingerprint density at radius 1 is 1.38 bits per heavy atom. The first-order valence-corrected chi connectivity index (χ1v) is 7.66. The summed E-state index contributed by atoms with van der Waals surface area (Å²) in [6.45, 7) is 6.61. The van der Waals surface area contributed by atoms with Gasteiger partial charge in [0.2, 0.25) is 5.88 Å². The molecule has 1 heterocycles. The Bertz CT molecular complexity index is 629. The fourth-order valence-corrected chi connectivity index (χ4v) is 2.41. The second kappa shape index (κ2) is 6.80. The Labute approximate surface area is 133 Å². The molecule has 1 aromatic heterocycles. The van der Waals surface area contributed by atoms with E-state index in [1.807, 2.05) is 45.0 Å². The lowest BCUT2D eigenvalue weighted by atomic mass is 10.1. The van der Waals surface area contributed by atoms with E-state index < -0.39 is 0 Å². The van der Waals surface area contributed by atoms with Crippen molar-refractivity contribution in [3.05, 3.63) is 46.1 Å². The third kappa shape index (κ3) is 4.11. The number of aryl methyl sites for hydroxylation is 1. The van der Waals surface area contributed by atoms with Gasteiger partial charge in [0.05, 0.1) is 6.10 Å². The highest BCUT2D eigenvalue weighted by Gasteiger charge is 2.08. The fraction of sp³-hybridized carbons (Fsp3) is 0.312. The first kappa shape index (κ1) is 15.6. The van der Waals surface area contributed by atoms with Crippen molar-refractivity contribution < 1.29 is 4.74 Å². The molecule has 0 spiro atoms. The number of nitrogens with one attached hydrogen (secondary N) is 1. The number of ether oxygens (including phenoxy) is 1. The largest absolute Gasteiger partial charge is 0.475 e. The van der Waals surface area contributed by atoms with Crippen molar-refractivity contribution in [3.8, 4) is 5.88 Å². The average molecular weight is 350 g/mol. The predicted molar refractivity (Wildman–Crippen MR) is 90.6 cm³/mol. The molecule has 3 N–H and O–H groups in total. The van der Waals surface area contributed by atoms with Gasteiger partial charge in [0.25, 0.3) is 0 Å². The Kier molecular flexibility index (Phi) is 5.07. The molecule has 0 saturated heterocycles. The molecule has 0 bridgehead atoms. The number of nitrogens with two attached hydrogens (primary N) is 1. The average Bonchev–Trinajstić information content (AvgIpc) is 2.42. The van der Waals surface area contributed by atoms with E-state index in [1.165, 1.54) is 0 Å². The van der Waals surface area contributed by atoms with Gasteiger partial charge in [-0.2, -0.15) is 0 Å². The summed E-state index contributed by atoms with van der Waals surface area (Å²) in [5, 5.41) is 3.39. The Morgan fingerprint density at radius 2 is 2.14 bits per heavy atom. The van der Waals surface area contributed by atoms with E-state index >= 15 is 0 Å². The van der Waals surface area contributed by atoms with E-state index in [-0.39, 0.29) is 6.10 Å². The number of nitrogens with zero attached hydrogens (tertiary/aromatic N) is 1. The lowest BCUT2D eigenvalue weighted by molar-refractivity contribution is 0.230. The van der Waals surface area contributed by atoms with Crippen LogP contribution in [0.3, 0.4) is 0 Å². The highest BCUT2D eigenvalue weighted by atomic mass is 79.9. The normalized spacial score (nSPS) is 10.7. The number of hydrogen-bond acceptors (Lipinski definition) is 4. The van der Waals surface area contributed by atoms with Gasteiger partial charge in [0.15, 0.2) is 0 Å². The van der Waals surface area contributed by atoms with Gasteiger partial charge in [-0.3, -0.25) is 0 Å².